The molecule has 1 aromatic heterocycles. The van der Waals surface area contributed by atoms with Gasteiger partial charge in [0.1, 0.15) is 0 Å². The fraction of sp³-hybridized carbons (Fsp3) is 0.261. The van der Waals surface area contributed by atoms with Crippen molar-refractivity contribution in [3.05, 3.63) is 75.5 Å². The number of fused-ring (bicyclic) bond motifs is 1. The summed E-state index contributed by atoms with van der Waals surface area (Å²) in [4.78, 5) is 25.6. The first-order valence-electron chi connectivity index (χ1n) is 9.94. The monoisotopic (exact) mass is 481 g/mol. The van der Waals surface area contributed by atoms with E-state index in [9.17, 15) is 9.59 Å². The van der Waals surface area contributed by atoms with Gasteiger partial charge in [-0.2, -0.15) is 0 Å². The molecule has 4 rings (SSSR count). The molecule has 0 aliphatic heterocycles. The van der Waals surface area contributed by atoms with Crippen LogP contribution in [0.5, 0.6) is 0 Å². The van der Waals surface area contributed by atoms with Gasteiger partial charge < -0.3 is 0 Å². The van der Waals surface area contributed by atoms with Crippen molar-refractivity contribution >= 4 is 36.7 Å². The van der Waals surface area contributed by atoms with Gasteiger partial charge in [-0.15, -0.1) is 0 Å². The van der Waals surface area contributed by atoms with Gasteiger partial charge in [-0.05, 0) is 0 Å². The minimum absolute atomic E-state index is 0.0380. The van der Waals surface area contributed by atoms with E-state index in [1.807, 2.05) is 24.3 Å². The number of nitrogens with one attached hydrogen (secondary N) is 1. The van der Waals surface area contributed by atoms with Crippen LogP contribution in [0.25, 0.3) is 0 Å². The number of tetrazole rings is 1. The molecule has 2 aromatic carbocycles. The van der Waals surface area contributed by atoms with Crippen LogP contribution >= 0.6 is 0 Å². The molecule has 0 saturated carbocycles. The number of ketones is 2. The van der Waals surface area contributed by atoms with Crippen molar-refractivity contribution in [1.29, 1.82) is 0 Å². The van der Waals surface area contributed by atoms with Crippen molar-refractivity contribution in [2.24, 2.45) is 0 Å². The first-order valence-corrected chi connectivity index (χ1v) is 11.7. The predicted molar refractivity (Wildman–Crippen MR) is 120 cm³/mol. The van der Waals surface area contributed by atoms with Crippen LogP contribution in [0.1, 0.15) is 54.2 Å². The fourth-order valence-electron chi connectivity index (χ4n) is 3.38. The summed E-state index contributed by atoms with van der Waals surface area (Å²) in [7, 11) is 0. The van der Waals surface area contributed by atoms with Gasteiger partial charge in [0.2, 0.25) is 0 Å². The van der Waals surface area contributed by atoms with Crippen LogP contribution in [0.3, 0.4) is 0 Å². The molecule has 1 heterocycles. The molecule has 7 nitrogen and oxygen atoms in total. The zero-order valence-electron chi connectivity index (χ0n) is 17.8. The molecule has 1 N–H and O–H groups in total. The van der Waals surface area contributed by atoms with Crippen molar-refractivity contribution < 1.29 is 9.59 Å². The average molecular weight is 480 g/mol. The van der Waals surface area contributed by atoms with Crippen LogP contribution < -0.4 is 9.78 Å². The van der Waals surface area contributed by atoms with Crippen LogP contribution in [0.15, 0.2) is 58.6 Å². The summed E-state index contributed by atoms with van der Waals surface area (Å²) in [5.41, 5.74) is 2.30. The van der Waals surface area contributed by atoms with E-state index in [0.717, 1.165) is 16.0 Å². The number of rotatable bonds is 5. The molecule has 0 radical (unpaired) electrons. The number of nitrogens with zero attached hydrogens (tertiary/aromatic N) is 4. The van der Waals surface area contributed by atoms with E-state index in [1.54, 1.807) is 35.9 Å². The summed E-state index contributed by atoms with van der Waals surface area (Å²) in [5, 5.41) is 15.3. The second kappa shape index (κ2) is 8.21. The molecule has 0 saturated heterocycles. The van der Waals surface area contributed by atoms with Gasteiger partial charge in [0.25, 0.3) is 0 Å². The van der Waals surface area contributed by atoms with E-state index in [2.05, 4.69) is 41.6 Å². The van der Waals surface area contributed by atoms with E-state index in [1.165, 1.54) is 0 Å². The SMILES string of the molecule is CC1=C([Se]c2ccc(NCc3nnnn3C(C)(C)C)cc2)C(=O)c2ccccc2C1=O. The van der Waals surface area contributed by atoms with Crippen molar-refractivity contribution in [2.75, 3.05) is 5.32 Å². The Morgan fingerprint density at radius 3 is 2.26 bits per heavy atom. The molecule has 158 valence electrons. The van der Waals surface area contributed by atoms with Gasteiger partial charge in [-0.3, -0.25) is 0 Å². The Morgan fingerprint density at radius 2 is 1.61 bits per heavy atom. The van der Waals surface area contributed by atoms with Crippen LogP contribution in [-0.4, -0.2) is 46.7 Å². The van der Waals surface area contributed by atoms with Gasteiger partial charge in [0.15, 0.2) is 0 Å². The summed E-state index contributed by atoms with van der Waals surface area (Å²) < 4.78 is 3.46. The number of allylic oxidation sites excluding steroid dienone is 2. The van der Waals surface area contributed by atoms with E-state index in [0.29, 0.717) is 27.7 Å². The van der Waals surface area contributed by atoms with Crippen LogP contribution in [0.4, 0.5) is 5.69 Å². The standard InChI is InChI=1S/C23H23N5O2Se/c1-14-20(29)17-7-5-6-8-18(17)21(30)22(14)31-16-11-9-15(10-12-16)24-13-19-25-26-27-28(19)23(2,3)4/h5-12,24H,13H2,1-4H3. The Labute approximate surface area is 187 Å². The third kappa shape index (κ3) is 4.22. The number of benzene rings is 2. The number of Topliss-reactive ketones (excluding diaryl/α,β-unsaturated/α-hetero) is 2. The quantitative estimate of drug-likeness (QED) is 0.565. The van der Waals surface area contributed by atoms with Gasteiger partial charge in [-0.25, -0.2) is 0 Å². The summed E-state index contributed by atoms with van der Waals surface area (Å²) in [6, 6.07) is 15.0. The predicted octanol–water partition coefficient (Wildman–Crippen LogP) is 2.72. The van der Waals surface area contributed by atoms with Gasteiger partial charge >= 0.3 is 187 Å². The molecule has 1 aliphatic rings. The van der Waals surface area contributed by atoms with Gasteiger partial charge in [0.05, 0.1) is 0 Å². The van der Waals surface area contributed by atoms with Crippen molar-refractivity contribution in [3.63, 3.8) is 0 Å². The molecule has 0 atom stereocenters. The molecule has 3 aromatic rings. The van der Waals surface area contributed by atoms with E-state index in [4.69, 9.17) is 0 Å². The Bertz CT molecular complexity index is 1190. The van der Waals surface area contributed by atoms with Crippen molar-refractivity contribution in [3.8, 4) is 0 Å². The van der Waals surface area contributed by atoms with Crippen LogP contribution in [0.2, 0.25) is 0 Å². The second-order valence-corrected chi connectivity index (χ2v) is 10.6. The Balaban J connectivity index is 1.47. The number of aromatic nitrogens is 4. The van der Waals surface area contributed by atoms with Gasteiger partial charge in [-0.1, -0.05) is 0 Å². The number of anilines is 1. The van der Waals surface area contributed by atoms with Crippen molar-refractivity contribution in [1.82, 2.24) is 20.2 Å². The summed E-state index contributed by atoms with van der Waals surface area (Å²) in [5.74, 6) is 0.664. The number of carbonyl (C=O) groups is 2. The molecule has 0 unspecified atom stereocenters. The first kappa shape index (κ1) is 21.2. The third-order valence-electron chi connectivity index (χ3n) is 5.00. The summed E-state index contributed by atoms with van der Waals surface area (Å²) in [6.45, 7) is 8.41. The molecule has 0 fully saturated rings. The summed E-state index contributed by atoms with van der Waals surface area (Å²) in [6.07, 6.45) is 0. The number of carbonyl (C=O) groups excluding carboxylic acids is 2. The Morgan fingerprint density at radius 1 is 0.968 bits per heavy atom. The summed E-state index contributed by atoms with van der Waals surface area (Å²) >= 11 is -0.251. The van der Waals surface area contributed by atoms with E-state index >= 15 is 0 Å². The molecule has 1 aliphatic carbocycles. The maximum atomic E-state index is 13.0. The van der Waals surface area contributed by atoms with Gasteiger partial charge in [0, 0.05) is 0 Å². The minimum atomic E-state index is -0.251. The molecular weight excluding hydrogens is 457 g/mol. The Hall–Kier alpha value is -3.09. The molecule has 31 heavy (non-hydrogen) atoms. The Kier molecular flexibility index (Phi) is 5.60. The first-order chi connectivity index (χ1) is 14.8. The number of hydrogen-bond acceptors (Lipinski definition) is 6. The molecule has 0 bridgehead atoms. The fourth-order valence-corrected chi connectivity index (χ4v) is 5.38. The van der Waals surface area contributed by atoms with E-state index < -0.39 is 0 Å². The molecule has 8 heteroatoms. The maximum absolute atomic E-state index is 13.0. The van der Waals surface area contributed by atoms with E-state index in [-0.39, 0.29) is 32.1 Å². The third-order valence-corrected chi connectivity index (χ3v) is 7.52. The number of hydrogen-bond donors (Lipinski definition) is 1. The average Bonchev–Trinajstić information content (AvgIpc) is 3.24. The molecular formula is C23H23N5O2Se. The normalized spacial score (nSPS) is 14.1. The van der Waals surface area contributed by atoms with Crippen molar-refractivity contribution in [2.45, 2.75) is 39.8 Å². The van der Waals surface area contributed by atoms with Crippen LogP contribution in [0, 0.1) is 0 Å². The second-order valence-electron chi connectivity index (χ2n) is 8.32. The zero-order valence-corrected chi connectivity index (χ0v) is 19.6. The molecule has 0 amide bonds. The molecule has 0 spiro atoms. The van der Waals surface area contributed by atoms with Crippen LogP contribution in [-0.2, 0) is 12.1 Å². The topological polar surface area (TPSA) is 89.8 Å². The zero-order chi connectivity index (χ0) is 22.2.